The van der Waals surface area contributed by atoms with Gasteiger partial charge < -0.3 is 10.2 Å². The van der Waals surface area contributed by atoms with Crippen LogP contribution in [0.2, 0.25) is 5.02 Å². The number of benzene rings is 1. The lowest BCUT2D eigenvalue weighted by Crippen LogP contribution is -2.48. The molecule has 8 heteroatoms. The fourth-order valence-corrected chi connectivity index (χ4v) is 3.36. The van der Waals surface area contributed by atoms with Crippen molar-refractivity contribution in [1.82, 2.24) is 9.88 Å². The van der Waals surface area contributed by atoms with Crippen LogP contribution in [0.4, 0.5) is 15.2 Å². The van der Waals surface area contributed by atoms with E-state index < -0.39 is 5.82 Å². The largest absolute Gasteiger partial charge is 0.346 e. The molecule has 0 radical (unpaired) electrons. The van der Waals surface area contributed by atoms with Crippen molar-refractivity contribution in [2.24, 2.45) is 0 Å². The lowest BCUT2D eigenvalue weighted by molar-refractivity contribution is -0.117. The minimum Gasteiger partial charge on any atom is -0.346 e. The van der Waals surface area contributed by atoms with Crippen molar-refractivity contribution >= 4 is 39.7 Å². The molecule has 2 heterocycles. The van der Waals surface area contributed by atoms with Crippen molar-refractivity contribution in [2.75, 3.05) is 42.9 Å². The number of rotatable bonds is 4. The predicted molar refractivity (Wildman–Crippen MR) is 90.8 cm³/mol. The van der Waals surface area contributed by atoms with Crippen LogP contribution in [0.5, 0.6) is 0 Å². The molecule has 0 atom stereocenters. The van der Waals surface area contributed by atoms with Crippen molar-refractivity contribution in [3.8, 4) is 0 Å². The Balaban J connectivity index is 1.49. The van der Waals surface area contributed by atoms with Gasteiger partial charge >= 0.3 is 0 Å². The van der Waals surface area contributed by atoms with Gasteiger partial charge in [0, 0.05) is 37.8 Å². The summed E-state index contributed by atoms with van der Waals surface area (Å²) in [4.78, 5) is 20.7. The number of halogens is 2. The standard InChI is InChI=1S/C15H16ClFN4OS/c16-12-9-11(17)1-2-13(12)19-14(22)10-20-4-6-21(7-5-20)15-18-3-8-23-15/h1-3,8-9H,4-7,10H2,(H,19,22). The molecule has 1 aliphatic heterocycles. The number of carbonyl (C=O) groups is 1. The Labute approximate surface area is 142 Å². The molecule has 1 saturated heterocycles. The average Bonchev–Trinajstić information content (AvgIpc) is 3.05. The van der Waals surface area contributed by atoms with Gasteiger partial charge in [-0.1, -0.05) is 11.6 Å². The number of piperazine rings is 1. The summed E-state index contributed by atoms with van der Waals surface area (Å²) < 4.78 is 13.0. The molecular weight excluding hydrogens is 339 g/mol. The molecule has 1 amide bonds. The van der Waals surface area contributed by atoms with Crippen molar-refractivity contribution in [3.05, 3.63) is 40.6 Å². The molecule has 1 fully saturated rings. The minimum atomic E-state index is -0.425. The predicted octanol–water partition coefficient (Wildman–Crippen LogP) is 2.70. The van der Waals surface area contributed by atoms with Crippen LogP contribution in [0, 0.1) is 5.82 Å². The van der Waals surface area contributed by atoms with E-state index in [0.717, 1.165) is 31.3 Å². The van der Waals surface area contributed by atoms with Gasteiger partial charge in [-0.25, -0.2) is 9.37 Å². The Morgan fingerprint density at radius 3 is 2.78 bits per heavy atom. The third kappa shape index (κ3) is 4.19. The fraction of sp³-hybridized carbons (Fsp3) is 0.333. The van der Waals surface area contributed by atoms with Crippen LogP contribution in [0.25, 0.3) is 0 Å². The number of hydrogen-bond donors (Lipinski definition) is 1. The molecule has 2 aromatic rings. The lowest BCUT2D eigenvalue weighted by atomic mass is 10.3. The van der Waals surface area contributed by atoms with Gasteiger partial charge in [0.05, 0.1) is 17.3 Å². The maximum absolute atomic E-state index is 13.0. The van der Waals surface area contributed by atoms with Gasteiger partial charge in [0.25, 0.3) is 0 Å². The van der Waals surface area contributed by atoms with E-state index in [9.17, 15) is 9.18 Å². The number of aromatic nitrogens is 1. The van der Waals surface area contributed by atoms with Crippen molar-refractivity contribution < 1.29 is 9.18 Å². The minimum absolute atomic E-state index is 0.152. The Hall–Kier alpha value is -1.70. The van der Waals surface area contributed by atoms with Crippen LogP contribution in [0.3, 0.4) is 0 Å². The van der Waals surface area contributed by atoms with Gasteiger partial charge in [0.1, 0.15) is 5.82 Å². The van der Waals surface area contributed by atoms with Crippen molar-refractivity contribution in [3.63, 3.8) is 0 Å². The van der Waals surface area contributed by atoms with Crippen molar-refractivity contribution in [2.45, 2.75) is 0 Å². The zero-order chi connectivity index (χ0) is 16.2. The zero-order valence-electron chi connectivity index (χ0n) is 12.3. The first kappa shape index (κ1) is 16.2. The molecule has 1 N–H and O–H groups in total. The third-order valence-electron chi connectivity index (χ3n) is 3.63. The highest BCUT2D eigenvalue weighted by Gasteiger charge is 2.20. The second-order valence-corrected chi connectivity index (χ2v) is 6.53. The highest BCUT2D eigenvalue weighted by molar-refractivity contribution is 7.13. The summed E-state index contributed by atoms with van der Waals surface area (Å²) in [6.07, 6.45) is 1.80. The quantitative estimate of drug-likeness (QED) is 0.917. The van der Waals surface area contributed by atoms with Crippen molar-refractivity contribution in [1.29, 1.82) is 0 Å². The topological polar surface area (TPSA) is 48.5 Å². The van der Waals surface area contributed by atoms with Crippen LogP contribution >= 0.6 is 22.9 Å². The van der Waals surface area contributed by atoms with Gasteiger partial charge in [-0.3, -0.25) is 9.69 Å². The summed E-state index contributed by atoms with van der Waals surface area (Å²) in [6, 6.07) is 3.92. The Morgan fingerprint density at radius 1 is 1.35 bits per heavy atom. The molecule has 122 valence electrons. The highest BCUT2D eigenvalue weighted by Crippen LogP contribution is 2.22. The van der Waals surface area contributed by atoms with Crippen LogP contribution in [0.15, 0.2) is 29.8 Å². The van der Waals surface area contributed by atoms with Gasteiger partial charge in [0.2, 0.25) is 5.91 Å². The van der Waals surface area contributed by atoms with E-state index in [1.807, 2.05) is 5.38 Å². The number of hydrogen-bond acceptors (Lipinski definition) is 5. The average molecular weight is 355 g/mol. The third-order valence-corrected chi connectivity index (χ3v) is 4.78. The van der Waals surface area contributed by atoms with Gasteiger partial charge in [-0.05, 0) is 18.2 Å². The van der Waals surface area contributed by atoms with Gasteiger partial charge in [0.15, 0.2) is 5.13 Å². The Morgan fingerprint density at radius 2 is 2.13 bits per heavy atom. The second-order valence-electron chi connectivity index (χ2n) is 5.25. The van der Waals surface area contributed by atoms with Gasteiger partial charge in [-0.2, -0.15) is 0 Å². The van der Waals surface area contributed by atoms with E-state index in [1.165, 1.54) is 18.2 Å². The number of amides is 1. The summed E-state index contributed by atoms with van der Waals surface area (Å²) in [7, 11) is 0. The van der Waals surface area contributed by atoms with Crippen LogP contribution in [0.1, 0.15) is 0 Å². The highest BCUT2D eigenvalue weighted by atomic mass is 35.5. The van der Waals surface area contributed by atoms with Crippen LogP contribution < -0.4 is 10.2 Å². The zero-order valence-corrected chi connectivity index (χ0v) is 13.9. The number of anilines is 2. The van der Waals surface area contributed by atoms with Crippen LogP contribution in [-0.4, -0.2) is 48.5 Å². The maximum atomic E-state index is 13.0. The summed E-state index contributed by atoms with van der Waals surface area (Å²) in [5, 5.41) is 5.90. The number of nitrogens with one attached hydrogen (secondary N) is 1. The lowest BCUT2D eigenvalue weighted by Gasteiger charge is -2.34. The van der Waals surface area contributed by atoms with Gasteiger partial charge in [-0.15, -0.1) is 11.3 Å². The fourth-order valence-electron chi connectivity index (χ4n) is 2.45. The number of thiazole rings is 1. The monoisotopic (exact) mass is 354 g/mol. The van der Waals surface area contributed by atoms with E-state index in [4.69, 9.17) is 11.6 Å². The van der Waals surface area contributed by atoms with E-state index >= 15 is 0 Å². The van der Waals surface area contributed by atoms with E-state index in [0.29, 0.717) is 12.2 Å². The molecule has 0 unspecified atom stereocenters. The van der Waals surface area contributed by atoms with Crippen LogP contribution in [-0.2, 0) is 4.79 Å². The summed E-state index contributed by atoms with van der Waals surface area (Å²) >= 11 is 7.53. The molecule has 23 heavy (non-hydrogen) atoms. The first-order chi connectivity index (χ1) is 11.1. The second kappa shape index (κ2) is 7.25. The number of carbonyl (C=O) groups excluding carboxylic acids is 1. The molecule has 0 saturated carbocycles. The smallest absolute Gasteiger partial charge is 0.238 e. The first-order valence-electron chi connectivity index (χ1n) is 7.23. The normalized spacial score (nSPS) is 15.7. The summed E-state index contributed by atoms with van der Waals surface area (Å²) in [6.45, 7) is 3.57. The van der Waals surface area contributed by atoms with E-state index in [2.05, 4.69) is 20.1 Å². The molecule has 0 spiro atoms. The van der Waals surface area contributed by atoms with E-state index in [1.54, 1.807) is 17.5 Å². The SMILES string of the molecule is O=C(CN1CCN(c2nccs2)CC1)Nc1ccc(F)cc1Cl. The summed E-state index contributed by atoms with van der Waals surface area (Å²) in [5.74, 6) is -0.576. The van der Waals surface area contributed by atoms with E-state index in [-0.39, 0.29) is 10.9 Å². The Bertz CT molecular complexity index is 674. The molecule has 3 rings (SSSR count). The molecule has 0 bridgehead atoms. The Kier molecular flexibility index (Phi) is 5.09. The maximum Gasteiger partial charge on any atom is 0.238 e. The summed E-state index contributed by atoms with van der Waals surface area (Å²) in [5.41, 5.74) is 0.430. The molecule has 1 aromatic carbocycles. The molecule has 5 nitrogen and oxygen atoms in total. The molecular formula is C15H16ClFN4OS. The first-order valence-corrected chi connectivity index (χ1v) is 8.49. The number of nitrogens with zero attached hydrogens (tertiary/aromatic N) is 3. The molecule has 0 aliphatic carbocycles. The molecule has 1 aliphatic rings. The molecule has 1 aromatic heterocycles.